The van der Waals surface area contributed by atoms with E-state index in [1.165, 1.54) is 0 Å². The largest absolute Gasteiger partial charge is 0.338 e. The van der Waals surface area contributed by atoms with Crippen molar-refractivity contribution < 1.29 is 4.52 Å². The molecular weight excluding hydrogens is 306 g/mol. The highest BCUT2D eigenvalue weighted by molar-refractivity contribution is 7.08. The van der Waals surface area contributed by atoms with Crippen LogP contribution in [0.15, 0.2) is 45.6 Å². The first kappa shape index (κ1) is 14.3. The molecule has 3 aromatic rings. The molecule has 0 aliphatic heterocycles. The highest BCUT2D eigenvalue weighted by Gasteiger charge is 2.11. The van der Waals surface area contributed by atoms with Gasteiger partial charge in [-0.25, -0.2) is 0 Å². The van der Waals surface area contributed by atoms with Gasteiger partial charge in [0.15, 0.2) is 0 Å². The molecule has 0 unspecified atom stereocenters. The molecule has 6 heteroatoms. The van der Waals surface area contributed by atoms with Crippen LogP contribution in [-0.2, 0) is 6.54 Å². The average molecular weight is 320 g/mol. The predicted molar refractivity (Wildman–Crippen MR) is 84.3 cm³/mol. The highest BCUT2D eigenvalue weighted by Crippen LogP contribution is 2.19. The Balaban J connectivity index is 1.61. The Hall–Kier alpha value is -1.69. The molecule has 108 valence electrons. The monoisotopic (exact) mass is 319 g/mol. The fourth-order valence-electron chi connectivity index (χ4n) is 1.95. The zero-order valence-electron chi connectivity index (χ0n) is 11.4. The third kappa shape index (κ3) is 3.50. The topological polar surface area (TPSA) is 51.0 Å². The zero-order chi connectivity index (χ0) is 14.7. The number of nitrogens with zero attached hydrogens (tertiary/aromatic N) is 2. The molecule has 0 radical (unpaired) electrons. The van der Waals surface area contributed by atoms with Crippen molar-refractivity contribution in [3.05, 3.63) is 57.6 Å². The molecule has 0 spiro atoms. The van der Waals surface area contributed by atoms with E-state index in [0.717, 1.165) is 16.1 Å². The maximum Gasteiger partial charge on any atom is 0.240 e. The first-order valence-corrected chi connectivity index (χ1v) is 7.88. The number of hydrogen-bond acceptors (Lipinski definition) is 5. The van der Waals surface area contributed by atoms with Crippen molar-refractivity contribution in [3.8, 4) is 11.4 Å². The van der Waals surface area contributed by atoms with Crippen molar-refractivity contribution in [1.29, 1.82) is 0 Å². The molecule has 2 aromatic heterocycles. The van der Waals surface area contributed by atoms with Gasteiger partial charge in [0.25, 0.3) is 0 Å². The van der Waals surface area contributed by atoms with Crippen LogP contribution in [0, 0.1) is 0 Å². The molecule has 0 aliphatic rings. The maximum atomic E-state index is 5.89. The van der Waals surface area contributed by atoms with Crippen LogP contribution in [0.4, 0.5) is 0 Å². The number of nitrogens with one attached hydrogen (secondary N) is 1. The summed E-state index contributed by atoms with van der Waals surface area (Å²) < 4.78 is 5.25. The molecule has 0 aliphatic carbocycles. The van der Waals surface area contributed by atoms with E-state index in [2.05, 4.69) is 22.4 Å². The summed E-state index contributed by atoms with van der Waals surface area (Å²) in [6.45, 7) is 2.61. The van der Waals surface area contributed by atoms with Gasteiger partial charge < -0.3 is 9.84 Å². The molecule has 1 atom stereocenters. The normalized spacial score (nSPS) is 12.5. The van der Waals surface area contributed by atoms with Gasteiger partial charge in [-0.1, -0.05) is 28.9 Å². The predicted octanol–water partition coefficient (Wildman–Crippen LogP) is 4.30. The Morgan fingerprint density at radius 1 is 1.29 bits per heavy atom. The molecule has 1 aromatic carbocycles. The van der Waals surface area contributed by atoms with Crippen molar-refractivity contribution in [3.63, 3.8) is 0 Å². The van der Waals surface area contributed by atoms with Crippen LogP contribution in [0.5, 0.6) is 0 Å². The van der Waals surface area contributed by atoms with Crippen LogP contribution < -0.4 is 5.32 Å². The van der Waals surface area contributed by atoms with Crippen LogP contribution in [0.3, 0.4) is 0 Å². The lowest BCUT2D eigenvalue weighted by Gasteiger charge is -2.12. The smallest absolute Gasteiger partial charge is 0.240 e. The van der Waals surface area contributed by atoms with Crippen molar-refractivity contribution >= 4 is 22.9 Å². The number of hydrogen-bond donors (Lipinski definition) is 1. The summed E-state index contributed by atoms with van der Waals surface area (Å²) in [4.78, 5) is 4.38. The van der Waals surface area contributed by atoms with Gasteiger partial charge in [-0.3, -0.25) is 0 Å². The maximum absolute atomic E-state index is 5.89. The van der Waals surface area contributed by atoms with E-state index in [9.17, 15) is 0 Å². The first-order valence-electron chi connectivity index (χ1n) is 6.56. The molecule has 4 nitrogen and oxygen atoms in total. The number of aromatic nitrogens is 2. The Labute approximate surface area is 131 Å². The molecule has 1 N–H and O–H groups in total. The Kier molecular flexibility index (Phi) is 4.34. The minimum atomic E-state index is 0.179. The van der Waals surface area contributed by atoms with E-state index in [-0.39, 0.29) is 6.04 Å². The summed E-state index contributed by atoms with van der Waals surface area (Å²) >= 11 is 7.50. The van der Waals surface area contributed by atoms with E-state index in [1.54, 1.807) is 11.3 Å². The van der Waals surface area contributed by atoms with E-state index < -0.39 is 0 Å². The second-order valence-corrected chi connectivity index (χ2v) is 5.89. The van der Waals surface area contributed by atoms with E-state index in [4.69, 9.17) is 16.1 Å². The van der Waals surface area contributed by atoms with Gasteiger partial charge in [-0.05, 0) is 36.1 Å². The summed E-state index contributed by atoms with van der Waals surface area (Å²) in [5.74, 6) is 1.21. The molecule has 0 saturated heterocycles. The zero-order valence-corrected chi connectivity index (χ0v) is 13.0. The molecule has 0 amide bonds. The summed E-state index contributed by atoms with van der Waals surface area (Å²) in [7, 11) is 0. The van der Waals surface area contributed by atoms with E-state index in [1.807, 2.05) is 41.1 Å². The van der Waals surface area contributed by atoms with Gasteiger partial charge >= 0.3 is 0 Å². The summed E-state index contributed by atoms with van der Waals surface area (Å²) in [5.41, 5.74) is 2.15. The summed E-state index contributed by atoms with van der Waals surface area (Å²) in [6.07, 6.45) is 0. The molecular formula is C15H14ClN3OS. The van der Waals surface area contributed by atoms with Crippen molar-refractivity contribution in [1.82, 2.24) is 15.5 Å². The van der Waals surface area contributed by atoms with Crippen molar-refractivity contribution in [2.75, 3.05) is 0 Å². The minimum Gasteiger partial charge on any atom is -0.338 e. The number of thiophene rings is 1. The molecule has 0 bridgehead atoms. The Morgan fingerprint density at radius 3 is 2.81 bits per heavy atom. The molecule has 2 heterocycles. The minimum absolute atomic E-state index is 0.179. The fourth-order valence-corrected chi connectivity index (χ4v) is 2.71. The molecule has 3 rings (SSSR count). The standard InChI is InChI=1S/C15H14ClN3OS/c1-10(11-2-4-13(16)5-3-11)17-8-14-18-15(19-20-14)12-6-7-21-9-12/h2-7,9-10,17H,8H2,1H3/t10-/m1/s1. The van der Waals surface area contributed by atoms with Gasteiger partial charge in [0, 0.05) is 22.0 Å². The van der Waals surface area contributed by atoms with Gasteiger partial charge in [0.05, 0.1) is 6.54 Å². The third-order valence-corrected chi connectivity index (χ3v) is 4.11. The van der Waals surface area contributed by atoms with Gasteiger partial charge in [0.2, 0.25) is 11.7 Å². The van der Waals surface area contributed by atoms with Crippen LogP contribution in [0.1, 0.15) is 24.4 Å². The lowest BCUT2D eigenvalue weighted by atomic mass is 10.1. The van der Waals surface area contributed by atoms with E-state index in [0.29, 0.717) is 18.3 Å². The second kappa shape index (κ2) is 6.39. The van der Waals surface area contributed by atoms with Gasteiger partial charge in [-0.15, -0.1) is 0 Å². The number of rotatable bonds is 5. The summed E-state index contributed by atoms with van der Waals surface area (Å²) in [5, 5.41) is 12.1. The van der Waals surface area contributed by atoms with Crippen LogP contribution in [0.2, 0.25) is 5.02 Å². The Morgan fingerprint density at radius 2 is 2.10 bits per heavy atom. The van der Waals surface area contributed by atoms with Gasteiger partial charge in [0.1, 0.15) is 0 Å². The highest BCUT2D eigenvalue weighted by atomic mass is 35.5. The van der Waals surface area contributed by atoms with Crippen LogP contribution in [-0.4, -0.2) is 10.1 Å². The number of benzene rings is 1. The first-order chi connectivity index (χ1) is 10.2. The average Bonchev–Trinajstić information content (AvgIpc) is 3.16. The second-order valence-electron chi connectivity index (χ2n) is 4.68. The van der Waals surface area contributed by atoms with E-state index >= 15 is 0 Å². The SMILES string of the molecule is C[C@@H](NCc1nc(-c2ccsc2)no1)c1ccc(Cl)cc1. The van der Waals surface area contributed by atoms with Crippen LogP contribution in [0.25, 0.3) is 11.4 Å². The molecule has 0 fully saturated rings. The van der Waals surface area contributed by atoms with Crippen molar-refractivity contribution in [2.45, 2.75) is 19.5 Å². The van der Waals surface area contributed by atoms with Crippen molar-refractivity contribution in [2.24, 2.45) is 0 Å². The summed E-state index contributed by atoms with van der Waals surface area (Å²) in [6, 6.07) is 9.93. The quantitative estimate of drug-likeness (QED) is 0.761. The number of halogens is 1. The fraction of sp³-hybridized carbons (Fsp3) is 0.200. The molecule has 0 saturated carbocycles. The van der Waals surface area contributed by atoms with Crippen LogP contribution >= 0.6 is 22.9 Å². The molecule has 21 heavy (non-hydrogen) atoms. The lowest BCUT2D eigenvalue weighted by molar-refractivity contribution is 0.360. The third-order valence-electron chi connectivity index (χ3n) is 3.18. The Bertz CT molecular complexity index is 694. The lowest BCUT2D eigenvalue weighted by Crippen LogP contribution is -2.18. The van der Waals surface area contributed by atoms with Gasteiger partial charge in [-0.2, -0.15) is 16.3 Å².